The molecular formula is C14H28N2O. The van der Waals surface area contributed by atoms with Crippen LogP contribution in [0.5, 0.6) is 0 Å². The second kappa shape index (κ2) is 6.17. The molecule has 2 saturated heterocycles. The first-order valence-electron chi connectivity index (χ1n) is 7.29. The zero-order valence-electron chi connectivity index (χ0n) is 11.6. The second-order valence-corrected chi connectivity index (χ2v) is 5.91. The lowest BCUT2D eigenvalue weighted by molar-refractivity contribution is 0.0219. The van der Waals surface area contributed by atoms with Gasteiger partial charge in [0.25, 0.3) is 0 Å². The molecule has 0 amide bonds. The Morgan fingerprint density at radius 3 is 2.65 bits per heavy atom. The van der Waals surface area contributed by atoms with Gasteiger partial charge in [-0.15, -0.1) is 0 Å². The molecule has 4 atom stereocenters. The summed E-state index contributed by atoms with van der Waals surface area (Å²) < 4.78 is 6.10. The summed E-state index contributed by atoms with van der Waals surface area (Å²) in [4.78, 5) is 2.62. The fourth-order valence-electron chi connectivity index (χ4n) is 3.27. The van der Waals surface area contributed by atoms with Crippen molar-refractivity contribution in [2.45, 2.75) is 58.3 Å². The summed E-state index contributed by atoms with van der Waals surface area (Å²) in [5.41, 5.74) is 0. The van der Waals surface area contributed by atoms with Gasteiger partial charge < -0.3 is 10.1 Å². The average molecular weight is 240 g/mol. The van der Waals surface area contributed by atoms with Crippen LogP contribution < -0.4 is 5.32 Å². The molecule has 0 radical (unpaired) electrons. The minimum atomic E-state index is 0.454. The monoisotopic (exact) mass is 240 g/mol. The van der Waals surface area contributed by atoms with E-state index >= 15 is 0 Å². The van der Waals surface area contributed by atoms with Gasteiger partial charge in [-0.05, 0) is 38.6 Å². The topological polar surface area (TPSA) is 24.5 Å². The third kappa shape index (κ3) is 3.67. The number of rotatable bonds is 5. The first kappa shape index (κ1) is 13.3. The normalized spacial score (nSPS) is 39.0. The van der Waals surface area contributed by atoms with E-state index in [-0.39, 0.29) is 0 Å². The summed E-state index contributed by atoms with van der Waals surface area (Å²) in [6.45, 7) is 11.4. The van der Waals surface area contributed by atoms with Gasteiger partial charge in [0.15, 0.2) is 0 Å². The molecule has 2 rings (SSSR count). The highest BCUT2D eigenvalue weighted by molar-refractivity contribution is 4.84. The molecular weight excluding hydrogens is 212 g/mol. The van der Waals surface area contributed by atoms with Crippen LogP contribution >= 0.6 is 0 Å². The van der Waals surface area contributed by atoms with E-state index in [9.17, 15) is 0 Å². The molecule has 2 aliphatic heterocycles. The lowest BCUT2D eigenvalue weighted by Crippen LogP contribution is -2.36. The van der Waals surface area contributed by atoms with Crippen molar-refractivity contribution in [3.8, 4) is 0 Å². The van der Waals surface area contributed by atoms with Gasteiger partial charge in [0.1, 0.15) is 0 Å². The van der Waals surface area contributed by atoms with Gasteiger partial charge in [-0.1, -0.05) is 13.8 Å². The van der Waals surface area contributed by atoms with Crippen molar-refractivity contribution in [3.63, 3.8) is 0 Å². The molecule has 3 heteroatoms. The standard InChI is InChI=1S/C14H28N2O/c1-4-15-8-13-5-6-14(17-13)10-16-9-11(2)7-12(16)3/h11-15H,4-10H2,1-3H3. The number of hydrogen-bond acceptors (Lipinski definition) is 3. The van der Waals surface area contributed by atoms with Gasteiger partial charge in [0, 0.05) is 25.7 Å². The van der Waals surface area contributed by atoms with Crippen LogP contribution in [0, 0.1) is 5.92 Å². The molecule has 0 aromatic carbocycles. The van der Waals surface area contributed by atoms with Crippen LogP contribution in [0.25, 0.3) is 0 Å². The van der Waals surface area contributed by atoms with Crippen LogP contribution in [0.15, 0.2) is 0 Å². The van der Waals surface area contributed by atoms with Crippen molar-refractivity contribution >= 4 is 0 Å². The zero-order valence-corrected chi connectivity index (χ0v) is 11.6. The number of nitrogens with one attached hydrogen (secondary N) is 1. The first-order chi connectivity index (χ1) is 8.19. The summed E-state index contributed by atoms with van der Waals surface area (Å²) in [5.74, 6) is 0.865. The molecule has 0 saturated carbocycles. The molecule has 0 aromatic heterocycles. The van der Waals surface area contributed by atoms with E-state index in [0.717, 1.165) is 31.6 Å². The van der Waals surface area contributed by atoms with Gasteiger partial charge in [-0.25, -0.2) is 0 Å². The highest BCUT2D eigenvalue weighted by Crippen LogP contribution is 2.26. The zero-order chi connectivity index (χ0) is 12.3. The van der Waals surface area contributed by atoms with E-state index in [4.69, 9.17) is 4.74 Å². The quantitative estimate of drug-likeness (QED) is 0.794. The van der Waals surface area contributed by atoms with Crippen molar-refractivity contribution in [1.82, 2.24) is 10.2 Å². The van der Waals surface area contributed by atoms with E-state index in [1.165, 1.54) is 25.8 Å². The lowest BCUT2D eigenvalue weighted by atomic mass is 10.1. The molecule has 0 bridgehead atoms. The molecule has 100 valence electrons. The Bertz CT molecular complexity index is 234. The highest BCUT2D eigenvalue weighted by atomic mass is 16.5. The van der Waals surface area contributed by atoms with E-state index in [1.807, 2.05) is 0 Å². The minimum absolute atomic E-state index is 0.454. The molecule has 2 heterocycles. The van der Waals surface area contributed by atoms with Crippen molar-refractivity contribution in [1.29, 1.82) is 0 Å². The van der Waals surface area contributed by atoms with Crippen LogP contribution in [-0.4, -0.2) is 49.3 Å². The molecule has 4 unspecified atom stereocenters. The van der Waals surface area contributed by atoms with E-state index in [2.05, 4.69) is 31.0 Å². The maximum Gasteiger partial charge on any atom is 0.0707 e. The van der Waals surface area contributed by atoms with Crippen LogP contribution in [0.4, 0.5) is 0 Å². The van der Waals surface area contributed by atoms with E-state index < -0.39 is 0 Å². The Labute approximate surface area is 106 Å². The van der Waals surface area contributed by atoms with Gasteiger partial charge in [0.2, 0.25) is 0 Å². The Kier molecular flexibility index (Phi) is 4.83. The largest absolute Gasteiger partial charge is 0.372 e. The Hall–Kier alpha value is -0.120. The maximum atomic E-state index is 6.10. The van der Waals surface area contributed by atoms with Crippen LogP contribution in [0.1, 0.15) is 40.0 Å². The molecule has 2 aliphatic rings. The molecule has 0 aliphatic carbocycles. The average Bonchev–Trinajstić information content (AvgIpc) is 2.84. The lowest BCUT2D eigenvalue weighted by Gasteiger charge is -2.24. The van der Waals surface area contributed by atoms with E-state index in [1.54, 1.807) is 0 Å². The highest BCUT2D eigenvalue weighted by Gasteiger charge is 2.31. The minimum Gasteiger partial charge on any atom is -0.372 e. The molecule has 2 fully saturated rings. The third-order valence-corrected chi connectivity index (χ3v) is 4.17. The summed E-state index contributed by atoms with van der Waals surface area (Å²) in [7, 11) is 0. The fraction of sp³-hybridized carbons (Fsp3) is 1.00. The van der Waals surface area contributed by atoms with Crippen LogP contribution in [0.3, 0.4) is 0 Å². The van der Waals surface area contributed by atoms with E-state index in [0.29, 0.717) is 12.2 Å². The third-order valence-electron chi connectivity index (χ3n) is 4.17. The summed E-state index contributed by atoms with van der Waals surface area (Å²) in [5, 5.41) is 3.38. The maximum absolute atomic E-state index is 6.10. The van der Waals surface area contributed by atoms with Crippen molar-refractivity contribution in [2.24, 2.45) is 5.92 Å². The summed E-state index contributed by atoms with van der Waals surface area (Å²) >= 11 is 0. The van der Waals surface area contributed by atoms with Gasteiger partial charge in [-0.3, -0.25) is 4.90 Å². The molecule has 17 heavy (non-hydrogen) atoms. The molecule has 0 aromatic rings. The molecule has 0 spiro atoms. The predicted molar refractivity (Wildman–Crippen MR) is 71.3 cm³/mol. The van der Waals surface area contributed by atoms with Crippen LogP contribution in [0.2, 0.25) is 0 Å². The smallest absolute Gasteiger partial charge is 0.0707 e. The van der Waals surface area contributed by atoms with Crippen LogP contribution in [-0.2, 0) is 4.74 Å². The number of likely N-dealkylation sites (tertiary alicyclic amines) is 1. The summed E-state index contributed by atoms with van der Waals surface area (Å²) in [6, 6.07) is 0.751. The fourth-order valence-corrected chi connectivity index (χ4v) is 3.27. The first-order valence-corrected chi connectivity index (χ1v) is 7.29. The van der Waals surface area contributed by atoms with Gasteiger partial charge in [0.05, 0.1) is 12.2 Å². The second-order valence-electron chi connectivity index (χ2n) is 5.91. The van der Waals surface area contributed by atoms with Crippen molar-refractivity contribution in [2.75, 3.05) is 26.2 Å². The Morgan fingerprint density at radius 2 is 2.00 bits per heavy atom. The molecule has 3 nitrogen and oxygen atoms in total. The number of likely N-dealkylation sites (N-methyl/N-ethyl adjacent to an activating group) is 1. The Balaban J connectivity index is 1.70. The van der Waals surface area contributed by atoms with Crippen molar-refractivity contribution < 1.29 is 4.74 Å². The molecule has 1 N–H and O–H groups in total. The number of ether oxygens (including phenoxy) is 1. The number of nitrogens with zero attached hydrogens (tertiary/aromatic N) is 1. The Morgan fingerprint density at radius 1 is 1.24 bits per heavy atom. The predicted octanol–water partition coefficient (Wildman–Crippen LogP) is 1.87. The van der Waals surface area contributed by atoms with Crippen molar-refractivity contribution in [3.05, 3.63) is 0 Å². The summed E-state index contributed by atoms with van der Waals surface area (Å²) in [6.07, 6.45) is 4.76. The van der Waals surface area contributed by atoms with Gasteiger partial charge >= 0.3 is 0 Å². The number of hydrogen-bond donors (Lipinski definition) is 1. The van der Waals surface area contributed by atoms with Gasteiger partial charge in [-0.2, -0.15) is 0 Å². The SMILES string of the molecule is CCNCC1CCC(CN2CC(C)CC2C)O1.